The highest BCUT2D eigenvalue weighted by atomic mass is 35.5. The molecule has 0 radical (unpaired) electrons. The van der Waals surface area contributed by atoms with Crippen molar-refractivity contribution in [3.63, 3.8) is 0 Å². The Bertz CT molecular complexity index is 505. The molecule has 96 valence electrons. The quantitative estimate of drug-likeness (QED) is 0.918. The maximum atomic E-state index is 6.01. The summed E-state index contributed by atoms with van der Waals surface area (Å²) in [6, 6.07) is 7.56. The third-order valence-corrected chi connectivity index (χ3v) is 3.14. The Hall–Kier alpha value is -1.32. The molecule has 0 spiro atoms. The summed E-state index contributed by atoms with van der Waals surface area (Å²) < 4.78 is 5.67. The molecule has 2 aromatic rings. The summed E-state index contributed by atoms with van der Waals surface area (Å²) in [5.74, 6) is 1.76. The van der Waals surface area contributed by atoms with Crippen molar-refractivity contribution in [3.05, 3.63) is 52.7 Å². The molecule has 0 saturated heterocycles. The van der Waals surface area contributed by atoms with Gasteiger partial charge in [-0.2, -0.15) is 0 Å². The average Bonchev–Trinajstić information content (AvgIpc) is 2.79. The van der Waals surface area contributed by atoms with Gasteiger partial charge in [0.15, 0.2) is 5.89 Å². The van der Waals surface area contributed by atoms with Crippen molar-refractivity contribution in [1.82, 2.24) is 4.98 Å². The maximum Gasteiger partial charge on any atom is 0.198 e. The zero-order chi connectivity index (χ0) is 13.1. The lowest BCUT2D eigenvalue weighted by molar-refractivity contribution is 0.384. The first-order chi connectivity index (χ1) is 8.56. The SMILES string of the molecule is CC(C)C(N)c1cnc(Cc2ccc(Cl)cc2)o1. The topological polar surface area (TPSA) is 52.0 Å². The number of hydrogen-bond donors (Lipinski definition) is 1. The van der Waals surface area contributed by atoms with Crippen LogP contribution in [-0.2, 0) is 6.42 Å². The lowest BCUT2D eigenvalue weighted by Crippen LogP contribution is -2.15. The lowest BCUT2D eigenvalue weighted by Gasteiger charge is -2.11. The standard InChI is InChI=1S/C14H17ClN2O/c1-9(2)14(16)12-8-17-13(18-12)7-10-3-5-11(15)6-4-10/h3-6,8-9,14H,7,16H2,1-2H3. The number of nitrogens with two attached hydrogens (primary N) is 1. The minimum Gasteiger partial charge on any atom is -0.444 e. The van der Waals surface area contributed by atoms with E-state index in [-0.39, 0.29) is 6.04 Å². The fourth-order valence-corrected chi connectivity index (χ4v) is 1.79. The van der Waals surface area contributed by atoms with Gasteiger partial charge in [-0.15, -0.1) is 0 Å². The highest BCUT2D eigenvalue weighted by Gasteiger charge is 2.15. The van der Waals surface area contributed by atoms with Crippen molar-refractivity contribution < 1.29 is 4.42 Å². The zero-order valence-corrected chi connectivity index (χ0v) is 11.3. The van der Waals surface area contributed by atoms with Crippen molar-refractivity contribution in [1.29, 1.82) is 0 Å². The van der Waals surface area contributed by atoms with Gasteiger partial charge in [-0.3, -0.25) is 0 Å². The van der Waals surface area contributed by atoms with Crippen LogP contribution in [0.5, 0.6) is 0 Å². The van der Waals surface area contributed by atoms with Gasteiger partial charge in [0.2, 0.25) is 0 Å². The number of aromatic nitrogens is 1. The molecule has 1 unspecified atom stereocenters. The third-order valence-electron chi connectivity index (χ3n) is 2.89. The summed E-state index contributed by atoms with van der Waals surface area (Å²) in [5, 5.41) is 0.730. The molecule has 0 amide bonds. The van der Waals surface area contributed by atoms with Gasteiger partial charge in [-0.1, -0.05) is 37.6 Å². The van der Waals surface area contributed by atoms with E-state index in [1.807, 2.05) is 24.3 Å². The van der Waals surface area contributed by atoms with Crippen LogP contribution in [0.1, 0.15) is 37.1 Å². The molecule has 18 heavy (non-hydrogen) atoms. The largest absolute Gasteiger partial charge is 0.444 e. The van der Waals surface area contributed by atoms with Crippen molar-refractivity contribution in [2.24, 2.45) is 11.7 Å². The van der Waals surface area contributed by atoms with Crippen LogP contribution in [0, 0.1) is 5.92 Å². The molecule has 0 aliphatic heterocycles. The highest BCUT2D eigenvalue weighted by molar-refractivity contribution is 6.30. The van der Waals surface area contributed by atoms with E-state index in [1.54, 1.807) is 6.20 Å². The monoisotopic (exact) mass is 264 g/mol. The summed E-state index contributed by atoms with van der Waals surface area (Å²) in [6.45, 7) is 4.12. The molecule has 2 N–H and O–H groups in total. The Morgan fingerprint density at radius 2 is 1.94 bits per heavy atom. The van der Waals surface area contributed by atoms with Gasteiger partial charge in [0.05, 0.1) is 12.2 Å². The van der Waals surface area contributed by atoms with Gasteiger partial charge in [-0.25, -0.2) is 4.98 Å². The minimum atomic E-state index is -0.100. The van der Waals surface area contributed by atoms with Gasteiger partial charge >= 0.3 is 0 Å². The molecule has 1 aromatic carbocycles. The molecule has 0 saturated carbocycles. The Morgan fingerprint density at radius 3 is 2.56 bits per heavy atom. The van der Waals surface area contributed by atoms with Crippen molar-refractivity contribution in [2.45, 2.75) is 26.3 Å². The number of oxazole rings is 1. The molecule has 1 aromatic heterocycles. The summed E-state index contributed by atoms with van der Waals surface area (Å²) in [6.07, 6.45) is 2.37. The lowest BCUT2D eigenvalue weighted by atomic mass is 10.0. The molecular weight excluding hydrogens is 248 g/mol. The second kappa shape index (κ2) is 5.55. The maximum absolute atomic E-state index is 6.01. The van der Waals surface area contributed by atoms with Crippen LogP contribution in [0.3, 0.4) is 0 Å². The second-order valence-corrected chi connectivity index (χ2v) is 5.17. The van der Waals surface area contributed by atoms with Gasteiger partial charge in [-0.05, 0) is 23.6 Å². The first-order valence-corrected chi connectivity index (χ1v) is 6.38. The van der Waals surface area contributed by atoms with Crippen molar-refractivity contribution >= 4 is 11.6 Å². The predicted molar refractivity (Wildman–Crippen MR) is 72.5 cm³/mol. The zero-order valence-electron chi connectivity index (χ0n) is 10.6. The molecule has 4 heteroatoms. The van der Waals surface area contributed by atoms with E-state index >= 15 is 0 Å². The van der Waals surface area contributed by atoms with Gasteiger partial charge < -0.3 is 10.2 Å². The first kappa shape index (κ1) is 13.1. The number of nitrogens with zero attached hydrogens (tertiary/aromatic N) is 1. The van der Waals surface area contributed by atoms with Crippen LogP contribution < -0.4 is 5.73 Å². The number of benzene rings is 1. The molecule has 0 aliphatic carbocycles. The Labute approximate surface area is 112 Å². The molecular formula is C14H17ClN2O. The molecule has 2 rings (SSSR count). The summed E-state index contributed by atoms with van der Waals surface area (Å²) >= 11 is 5.84. The molecule has 1 atom stereocenters. The van der Waals surface area contributed by atoms with E-state index in [0.717, 1.165) is 16.3 Å². The highest BCUT2D eigenvalue weighted by Crippen LogP contribution is 2.21. The Balaban J connectivity index is 2.09. The second-order valence-electron chi connectivity index (χ2n) is 4.73. The van der Waals surface area contributed by atoms with E-state index in [2.05, 4.69) is 18.8 Å². The third kappa shape index (κ3) is 3.12. The van der Waals surface area contributed by atoms with Gasteiger partial charge in [0.25, 0.3) is 0 Å². The number of halogens is 1. The van der Waals surface area contributed by atoms with Crippen LogP contribution in [0.15, 0.2) is 34.9 Å². The molecule has 0 bridgehead atoms. The minimum absolute atomic E-state index is 0.100. The summed E-state index contributed by atoms with van der Waals surface area (Å²) in [5.41, 5.74) is 7.13. The fraction of sp³-hybridized carbons (Fsp3) is 0.357. The number of hydrogen-bond acceptors (Lipinski definition) is 3. The Kier molecular flexibility index (Phi) is 4.04. The van der Waals surface area contributed by atoms with E-state index in [9.17, 15) is 0 Å². The van der Waals surface area contributed by atoms with Gasteiger partial charge in [0.1, 0.15) is 5.76 Å². The van der Waals surface area contributed by atoms with Crippen LogP contribution in [0.4, 0.5) is 0 Å². The summed E-state index contributed by atoms with van der Waals surface area (Å²) in [7, 11) is 0. The fourth-order valence-electron chi connectivity index (χ4n) is 1.67. The van der Waals surface area contributed by atoms with Crippen LogP contribution in [0.25, 0.3) is 0 Å². The number of rotatable bonds is 4. The van der Waals surface area contributed by atoms with Crippen molar-refractivity contribution in [2.75, 3.05) is 0 Å². The molecule has 3 nitrogen and oxygen atoms in total. The Morgan fingerprint density at radius 1 is 1.28 bits per heavy atom. The molecule has 0 aliphatic rings. The average molecular weight is 265 g/mol. The first-order valence-electron chi connectivity index (χ1n) is 6.01. The van der Waals surface area contributed by atoms with E-state index in [1.165, 1.54) is 0 Å². The summed E-state index contributed by atoms with van der Waals surface area (Å²) in [4.78, 5) is 4.26. The van der Waals surface area contributed by atoms with E-state index in [4.69, 9.17) is 21.8 Å². The van der Waals surface area contributed by atoms with E-state index in [0.29, 0.717) is 18.2 Å². The van der Waals surface area contributed by atoms with Crippen molar-refractivity contribution in [3.8, 4) is 0 Å². The van der Waals surface area contributed by atoms with E-state index < -0.39 is 0 Å². The van der Waals surface area contributed by atoms with Crippen LogP contribution >= 0.6 is 11.6 Å². The van der Waals surface area contributed by atoms with Crippen LogP contribution in [-0.4, -0.2) is 4.98 Å². The normalized spacial score (nSPS) is 12.9. The molecule has 1 heterocycles. The van der Waals surface area contributed by atoms with Gasteiger partial charge in [0, 0.05) is 11.4 Å². The van der Waals surface area contributed by atoms with Crippen LogP contribution in [0.2, 0.25) is 5.02 Å². The smallest absolute Gasteiger partial charge is 0.198 e. The predicted octanol–water partition coefficient (Wildman–Crippen LogP) is 3.57. The molecule has 0 fully saturated rings.